The van der Waals surface area contributed by atoms with Crippen molar-refractivity contribution >= 4 is 39.5 Å². The van der Waals surface area contributed by atoms with Crippen LogP contribution in [-0.4, -0.2) is 96.7 Å². The molecule has 548 valence electrons. The Kier molecular flexibility index (Phi) is 63.7. The molecule has 0 aromatic heterocycles. The van der Waals surface area contributed by atoms with Gasteiger partial charge in [-0.1, -0.05) is 303 Å². The molecule has 0 radical (unpaired) electrons. The number of allylic oxidation sites excluding steroid dienone is 4. The fraction of sp³-hybridized carbons (Fsp3) is 0.892. The Hall–Kier alpha value is -2.46. The van der Waals surface area contributed by atoms with Crippen molar-refractivity contribution in [2.75, 3.05) is 39.6 Å². The van der Waals surface area contributed by atoms with Crippen LogP contribution in [0.5, 0.6) is 0 Å². The molecule has 0 aromatic carbocycles. The fourth-order valence-corrected chi connectivity index (χ4v) is 12.3. The number of hydrogen-bond acceptors (Lipinski definition) is 15. The number of phosphoric acid groups is 2. The summed E-state index contributed by atoms with van der Waals surface area (Å²) in [7, 11) is -9.92. The molecular weight excluding hydrogens is 1220 g/mol. The standard InChI is InChI=1S/C74H140O17P2/c1-7-9-11-13-15-17-18-19-20-23-28-33-39-45-51-57-72(77)85-63-70(91-73(78)58-52-46-40-34-29-24-21-22-26-31-36-42-48-54-66(3)4)65-89-93(82,83)87-61-68(75)60-86-92(80,81)88-64-69(62-84-71(76)56-50-44-38-16-14-12-10-8-2)90-74(79)59-53-47-41-35-30-25-27-32-37-43-49-55-67(5)6/h17-20,66-70,75H,7-16,21-65H2,1-6H3,(H,80,81)(H,82,83)/b18-17-,20-19-/t68-,69+,70+/m0/s1. The monoisotopic (exact) mass is 1360 g/mol. The third-order valence-electron chi connectivity index (χ3n) is 16.6. The van der Waals surface area contributed by atoms with E-state index in [4.69, 9.17) is 37.0 Å². The van der Waals surface area contributed by atoms with Gasteiger partial charge in [-0.05, 0) is 63.2 Å². The van der Waals surface area contributed by atoms with Crippen LogP contribution in [0.3, 0.4) is 0 Å². The summed E-state index contributed by atoms with van der Waals surface area (Å²) in [6.45, 7) is 9.50. The van der Waals surface area contributed by atoms with Crippen molar-refractivity contribution in [1.82, 2.24) is 0 Å². The molecule has 2 unspecified atom stereocenters. The van der Waals surface area contributed by atoms with Gasteiger partial charge in [0.05, 0.1) is 26.4 Å². The van der Waals surface area contributed by atoms with E-state index in [1.165, 1.54) is 148 Å². The molecule has 3 N–H and O–H groups in total. The smallest absolute Gasteiger partial charge is 0.462 e. The van der Waals surface area contributed by atoms with Gasteiger partial charge in [-0.2, -0.15) is 0 Å². The van der Waals surface area contributed by atoms with E-state index in [2.05, 4.69) is 65.8 Å². The highest BCUT2D eigenvalue weighted by Crippen LogP contribution is 2.45. The Morgan fingerprint density at radius 3 is 0.882 bits per heavy atom. The van der Waals surface area contributed by atoms with Gasteiger partial charge in [-0.25, -0.2) is 9.13 Å². The van der Waals surface area contributed by atoms with E-state index < -0.39 is 97.5 Å². The Labute approximate surface area is 567 Å². The first-order chi connectivity index (χ1) is 44.9. The first kappa shape index (κ1) is 90.5. The molecule has 0 saturated heterocycles. The van der Waals surface area contributed by atoms with Gasteiger partial charge in [-0.15, -0.1) is 0 Å². The number of ether oxygens (including phenoxy) is 4. The van der Waals surface area contributed by atoms with Gasteiger partial charge < -0.3 is 33.8 Å². The predicted molar refractivity (Wildman–Crippen MR) is 377 cm³/mol. The number of unbranched alkanes of at least 4 members (excludes halogenated alkanes) is 38. The summed E-state index contributed by atoms with van der Waals surface area (Å²) in [5, 5.41) is 10.6. The van der Waals surface area contributed by atoms with Crippen molar-refractivity contribution < 1.29 is 80.2 Å². The molecule has 19 heteroatoms. The Morgan fingerprint density at radius 1 is 0.333 bits per heavy atom. The topological polar surface area (TPSA) is 237 Å². The van der Waals surface area contributed by atoms with E-state index in [0.29, 0.717) is 25.7 Å². The van der Waals surface area contributed by atoms with Crippen LogP contribution >= 0.6 is 15.6 Å². The molecule has 17 nitrogen and oxygen atoms in total. The van der Waals surface area contributed by atoms with Crippen molar-refractivity contribution in [3.8, 4) is 0 Å². The Morgan fingerprint density at radius 2 is 0.581 bits per heavy atom. The molecule has 0 saturated carbocycles. The van der Waals surface area contributed by atoms with Crippen LogP contribution < -0.4 is 0 Å². The summed E-state index contributed by atoms with van der Waals surface area (Å²) in [6, 6.07) is 0. The number of aliphatic hydroxyl groups excluding tert-OH is 1. The maximum absolute atomic E-state index is 13.1. The van der Waals surface area contributed by atoms with Crippen LogP contribution in [0.25, 0.3) is 0 Å². The molecule has 5 atom stereocenters. The number of phosphoric ester groups is 2. The quantitative estimate of drug-likeness (QED) is 0.0169. The maximum atomic E-state index is 13.1. The molecular formula is C74H140O17P2. The van der Waals surface area contributed by atoms with E-state index >= 15 is 0 Å². The molecule has 0 rings (SSSR count). The number of hydrogen-bond donors (Lipinski definition) is 3. The number of esters is 4. The number of rotatable bonds is 71. The molecule has 0 aliphatic carbocycles. The van der Waals surface area contributed by atoms with Gasteiger partial charge in [0.15, 0.2) is 12.2 Å². The minimum atomic E-state index is -4.96. The highest BCUT2D eigenvalue weighted by Gasteiger charge is 2.30. The molecule has 0 aromatic rings. The summed E-state index contributed by atoms with van der Waals surface area (Å²) < 4.78 is 68.3. The lowest BCUT2D eigenvalue weighted by Gasteiger charge is -2.21. The van der Waals surface area contributed by atoms with Crippen LogP contribution in [0.2, 0.25) is 0 Å². The third kappa shape index (κ3) is 67.9. The first-order valence-electron chi connectivity index (χ1n) is 37.8. The van der Waals surface area contributed by atoms with Gasteiger partial charge in [-0.3, -0.25) is 37.3 Å². The number of carbonyl (C=O) groups is 4. The average molecular weight is 1360 g/mol. The second kappa shape index (κ2) is 65.5. The third-order valence-corrected chi connectivity index (χ3v) is 18.5. The largest absolute Gasteiger partial charge is 0.472 e. The zero-order valence-electron chi connectivity index (χ0n) is 60.0. The lowest BCUT2D eigenvalue weighted by atomic mass is 10.0. The maximum Gasteiger partial charge on any atom is 0.472 e. The highest BCUT2D eigenvalue weighted by molar-refractivity contribution is 7.47. The molecule has 0 bridgehead atoms. The Bertz CT molecular complexity index is 1900. The van der Waals surface area contributed by atoms with E-state index in [1.54, 1.807) is 0 Å². The van der Waals surface area contributed by atoms with Crippen LogP contribution in [-0.2, 0) is 65.4 Å². The number of aliphatic hydroxyl groups is 1. The molecule has 0 spiro atoms. The zero-order chi connectivity index (χ0) is 68.6. The normalized spacial score (nSPS) is 14.2. The molecule has 0 aliphatic rings. The fourth-order valence-electron chi connectivity index (χ4n) is 10.8. The van der Waals surface area contributed by atoms with Crippen molar-refractivity contribution in [1.29, 1.82) is 0 Å². The molecule has 0 heterocycles. The van der Waals surface area contributed by atoms with Gasteiger partial charge in [0.25, 0.3) is 0 Å². The van der Waals surface area contributed by atoms with Crippen molar-refractivity contribution in [2.45, 2.75) is 374 Å². The van der Waals surface area contributed by atoms with Crippen LogP contribution in [0.1, 0.15) is 356 Å². The average Bonchev–Trinajstić information content (AvgIpc) is 2.26. The second-order valence-electron chi connectivity index (χ2n) is 27.0. The van der Waals surface area contributed by atoms with Crippen molar-refractivity contribution in [3.05, 3.63) is 24.3 Å². The lowest BCUT2D eigenvalue weighted by molar-refractivity contribution is -0.161. The molecule has 0 aliphatic heterocycles. The van der Waals surface area contributed by atoms with Gasteiger partial charge in [0.2, 0.25) is 0 Å². The van der Waals surface area contributed by atoms with Gasteiger partial charge >= 0.3 is 39.5 Å². The SMILES string of the molecule is CCCCCC/C=C\C=C/CCCCCCCC(=O)OC[C@H](COP(=O)(O)OC[C@@H](O)COP(=O)(O)OC[C@@H](COC(=O)CCCCCCCCCC)OC(=O)CCCCCCCCCCCCCC(C)C)OC(=O)CCCCCCCCCCCCCCCC(C)C. The first-order valence-corrected chi connectivity index (χ1v) is 40.8. The Balaban J connectivity index is 5.26. The molecule has 0 fully saturated rings. The lowest BCUT2D eigenvalue weighted by Crippen LogP contribution is -2.30. The summed E-state index contributed by atoms with van der Waals surface area (Å²) in [4.78, 5) is 72.6. The van der Waals surface area contributed by atoms with Gasteiger partial charge in [0.1, 0.15) is 19.3 Å². The summed E-state index contributed by atoms with van der Waals surface area (Å²) in [5.41, 5.74) is 0. The van der Waals surface area contributed by atoms with E-state index in [-0.39, 0.29) is 25.7 Å². The number of carbonyl (C=O) groups excluding carboxylic acids is 4. The summed E-state index contributed by atoms with van der Waals surface area (Å²) in [5.74, 6) is -0.603. The van der Waals surface area contributed by atoms with Crippen LogP contribution in [0.4, 0.5) is 0 Å². The minimum absolute atomic E-state index is 0.100. The second-order valence-corrected chi connectivity index (χ2v) is 29.9. The van der Waals surface area contributed by atoms with Crippen molar-refractivity contribution in [3.63, 3.8) is 0 Å². The summed E-state index contributed by atoms with van der Waals surface area (Å²) in [6.07, 6.45) is 54.9. The van der Waals surface area contributed by atoms with Crippen LogP contribution in [0, 0.1) is 11.8 Å². The van der Waals surface area contributed by atoms with Crippen LogP contribution in [0.15, 0.2) is 24.3 Å². The molecule has 93 heavy (non-hydrogen) atoms. The van der Waals surface area contributed by atoms with E-state index in [9.17, 15) is 43.2 Å². The van der Waals surface area contributed by atoms with Gasteiger partial charge in [0, 0.05) is 25.7 Å². The zero-order valence-corrected chi connectivity index (χ0v) is 61.8. The van der Waals surface area contributed by atoms with E-state index in [0.717, 1.165) is 127 Å². The van der Waals surface area contributed by atoms with E-state index in [1.807, 2.05) is 0 Å². The molecule has 0 amide bonds. The van der Waals surface area contributed by atoms with Crippen molar-refractivity contribution in [2.24, 2.45) is 11.8 Å². The minimum Gasteiger partial charge on any atom is -0.462 e. The summed E-state index contributed by atoms with van der Waals surface area (Å²) >= 11 is 0. The highest BCUT2D eigenvalue weighted by atomic mass is 31.2. The predicted octanol–water partition coefficient (Wildman–Crippen LogP) is 21.1.